The molecule has 1 saturated carbocycles. The van der Waals surface area contributed by atoms with Gasteiger partial charge in [-0.15, -0.1) is 0 Å². The molecule has 2 aromatic carbocycles. The summed E-state index contributed by atoms with van der Waals surface area (Å²) in [6.45, 7) is 11.4. The molecule has 5 heterocycles. The summed E-state index contributed by atoms with van der Waals surface area (Å²) in [6.07, 6.45) is 7.32. The summed E-state index contributed by atoms with van der Waals surface area (Å²) >= 11 is 0. The van der Waals surface area contributed by atoms with Gasteiger partial charge in [-0.05, 0) is 125 Å². The average molecular weight is 1200 g/mol. The number of nitrogens with one attached hydrogen (secondary N) is 7. The third-order valence-electron chi connectivity index (χ3n) is 17.9. The van der Waals surface area contributed by atoms with Gasteiger partial charge in [0.05, 0.1) is 71.9 Å². The molecular formula is C62H85N9O15. The molecule has 5 fully saturated rings. The second-order valence-electron chi connectivity index (χ2n) is 24.8. The number of fused-ring (bicyclic) bond motifs is 1. The number of carbonyl (C=O) groups excluding carboxylic acids is 9. The summed E-state index contributed by atoms with van der Waals surface area (Å²) in [6, 6.07) is 3.80. The van der Waals surface area contributed by atoms with Gasteiger partial charge >= 0.3 is 0 Å². The third kappa shape index (κ3) is 17.0. The van der Waals surface area contributed by atoms with Gasteiger partial charge in [-0.25, -0.2) is 0 Å². The summed E-state index contributed by atoms with van der Waals surface area (Å²) in [5.74, 6) is -3.19. The van der Waals surface area contributed by atoms with E-state index in [1.54, 1.807) is 45.0 Å². The van der Waals surface area contributed by atoms with Crippen molar-refractivity contribution in [2.75, 3.05) is 91.3 Å². The lowest BCUT2D eigenvalue weighted by molar-refractivity contribution is -0.134. The van der Waals surface area contributed by atoms with Crippen LogP contribution >= 0.6 is 0 Å². The molecule has 2 aliphatic carbocycles. The van der Waals surface area contributed by atoms with Crippen LogP contribution in [-0.4, -0.2) is 201 Å². The van der Waals surface area contributed by atoms with Gasteiger partial charge in [0, 0.05) is 51.1 Å². The molecule has 0 spiro atoms. The molecule has 4 saturated heterocycles. The number of amides is 7. The van der Waals surface area contributed by atoms with Crippen LogP contribution in [0.1, 0.15) is 95.8 Å². The van der Waals surface area contributed by atoms with Crippen molar-refractivity contribution in [1.82, 2.24) is 41.7 Å². The first-order chi connectivity index (χ1) is 41.1. The van der Waals surface area contributed by atoms with Crippen LogP contribution in [0, 0.1) is 17.8 Å². The highest BCUT2D eigenvalue weighted by atomic mass is 16.6. The van der Waals surface area contributed by atoms with E-state index in [4.69, 9.17) is 23.7 Å². The Morgan fingerprint density at radius 2 is 1.19 bits per heavy atom. The Morgan fingerprint density at radius 1 is 0.663 bits per heavy atom. The summed E-state index contributed by atoms with van der Waals surface area (Å²) < 4.78 is 27.3. The second-order valence-corrected chi connectivity index (χ2v) is 24.8. The molecule has 11 unspecified atom stereocenters. The first-order valence-electron chi connectivity index (χ1n) is 30.4. The van der Waals surface area contributed by atoms with Crippen LogP contribution in [0.4, 0.5) is 5.69 Å². The van der Waals surface area contributed by atoms with Crippen LogP contribution in [0.5, 0.6) is 11.5 Å². The van der Waals surface area contributed by atoms with Crippen LogP contribution in [0.25, 0.3) is 0 Å². The number of methoxy groups -OCH3 is 1. The van der Waals surface area contributed by atoms with E-state index in [1.165, 1.54) is 20.1 Å². The minimum Gasteiger partial charge on any atom is -0.504 e. The van der Waals surface area contributed by atoms with E-state index in [2.05, 4.69) is 43.3 Å². The fraction of sp³-hybridized carbons (Fsp3) is 0.629. The number of hydrogen-bond donors (Lipinski definition) is 8. The van der Waals surface area contributed by atoms with Crippen molar-refractivity contribution in [2.24, 2.45) is 17.8 Å². The molecular weight excluding hydrogens is 1110 g/mol. The van der Waals surface area contributed by atoms with Gasteiger partial charge in [0.2, 0.25) is 41.4 Å². The standard InChI is InChI=1S/C62H85N9O15/c1-36(63-53(74)32-70-16-20-83-21-17-70)57(78)68-48(29-40-8-13-45-44(26-40)12-15-52(73)65-45)59(80)66-46(55(76)61(3)34-85-61)27-38-6-10-42(24-38)43-11-7-39(25-43)28-47(56(77)62(4)35-86-62)67-60(81)49(30-41-9-14-51(82-5)50(72)31-41)69-58(79)37(2)64-54(75)33-71-18-22-84-23-19-71/h7-9,13-14,26,31,36-38,42-43,46-49,72H,6,10-12,15-25,27-30,32-35H2,1-5H3,(H,63,74)(H,64,75)(H,65,73)(H,66,80)(H,67,81)(H,68,78)(H,69,79). The second kappa shape index (κ2) is 28.3. The van der Waals surface area contributed by atoms with Gasteiger partial charge in [-0.1, -0.05) is 36.3 Å². The normalized spacial score (nSPS) is 25.7. The predicted molar refractivity (Wildman–Crippen MR) is 313 cm³/mol. The van der Waals surface area contributed by atoms with Gasteiger partial charge in [-0.2, -0.15) is 0 Å². The molecule has 9 rings (SSSR count). The molecule has 7 aliphatic rings. The molecule has 8 N–H and O–H groups in total. The zero-order valence-electron chi connectivity index (χ0n) is 50.1. The molecule has 86 heavy (non-hydrogen) atoms. The number of Topliss-reactive ketones (excluding diaryl/α,β-unsaturated/α-hetero) is 2. The number of carbonyl (C=O) groups is 9. The Kier molecular flexibility index (Phi) is 21.0. The fourth-order valence-electron chi connectivity index (χ4n) is 12.5. The van der Waals surface area contributed by atoms with Crippen molar-refractivity contribution in [2.45, 2.75) is 146 Å². The molecule has 11 atom stereocenters. The maximum atomic E-state index is 14.7. The van der Waals surface area contributed by atoms with E-state index in [9.17, 15) is 48.3 Å². The summed E-state index contributed by atoms with van der Waals surface area (Å²) in [7, 11) is 1.41. The molecule has 7 amide bonds. The van der Waals surface area contributed by atoms with Crippen LogP contribution in [0.2, 0.25) is 0 Å². The zero-order chi connectivity index (χ0) is 61.3. The number of phenols is 1. The first-order valence-corrected chi connectivity index (χ1v) is 30.4. The minimum atomic E-state index is -1.23. The van der Waals surface area contributed by atoms with Crippen LogP contribution in [0.15, 0.2) is 48.0 Å². The van der Waals surface area contributed by atoms with Gasteiger partial charge in [0.15, 0.2) is 23.1 Å². The summed E-state index contributed by atoms with van der Waals surface area (Å²) in [5.41, 5.74) is 1.62. The van der Waals surface area contributed by atoms with Gasteiger partial charge in [-0.3, -0.25) is 53.0 Å². The molecule has 0 radical (unpaired) electrons. The van der Waals surface area contributed by atoms with Crippen LogP contribution in [-0.2, 0) is 81.4 Å². The Morgan fingerprint density at radius 3 is 1.73 bits per heavy atom. The number of anilines is 1. The smallest absolute Gasteiger partial charge is 0.243 e. The largest absolute Gasteiger partial charge is 0.504 e. The monoisotopic (exact) mass is 1200 g/mol. The lowest BCUT2D eigenvalue weighted by Crippen LogP contribution is -2.57. The van der Waals surface area contributed by atoms with Gasteiger partial charge in [0.1, 0.15) is 35.4 Å². The van der Waals surface area contributed by atoms with Crippen molar-refractivity contribution in [3.8, 4) is 11.5 Å². The maximum Gasteiger partial charge on any atom is 0.243 e. The molecule has 5 aliphatic heterocycles. The van der Waals surface area contributed by atoms with E-state index in [0.29, 0.717) is 89.5 Å². The van der Waals surface area contributed by atoms with Gasteiger partial charge < -0.3 is 66.0 Å². The molecule has 0 bridgehead atoms. The summed E-state index contributed by atoms with van der Waals surface area (Å²) in [4.78, 5) is 127. The molecule has 468 valence electrons. The number of hydrogen-bond acceptors (Lipinski definition) is 17. The van der Waals surface area contributed by atoms with Crippen LogP contribution in [0.3, 0.4) is 0 Å². The van der Waals surface area contributed by atoms with Crippen molar-refractivity contribution >= 4 is 58.6 Å². The highest BCUT2D eigenvalue weighted by molar-refractivity contribution is 6.00. The van der Waals surface area contributed by atoms with E-state index in [0.717, 1.165) is 42.4 Å². The number of allylic oxidation sites excluding steroid dienone is 1. The zero-order valence-corrected chi connectivity index (χ0v) is 50.1. The number of rotatable bonds is 28. The number of morpholine rings is 2. The molecule has 24 nitrogen and oxygen atoms in total. The SMILES string of the molecule is COc1ccc(CC(NC(=O)C(C)NC(=O)CN2CCOCC2)C(=O)NC(CC2=CCC(C3CCC(CC(NC(=O)C(Cc4ccc5c(c4)CCC(=O)N5)NC(=O)C(C)NC(=O)CN4CCOCC4)C(=O)C4(C)CO4)C3)C2)C(=O)C2(C)CO2)cc1O. The quantitative estimate of drug-likeness (QED) is 0.0434. The molecule has 0 aromatic heterocycles. The Hall–Kier alpha value is -6.83. The number of epoxide rings is 2. The Labute approximate surface area is 501 Å². The number of ether oxygens (including phenoxy) is 5. The lowest BCUT2D eigenvalue weighted by Gasteiger charge is -2.28. The van der Waals surface area contributed by atoms with E-state index >= 15 is 0 Å². The minimum absolute atomic E-state index is 0.0485. The molecule has 2 aromatic rings. The number of ketones is 2. The third-order valence-corrected chi connectivity index (χ3v) is 17.9. The van der Waals surface area contributed by atoms with Crippen molar-refractivity contribution in [1.29, 1.82) is 0 Å². The predicted octanol–water partition coefficient (Wildman–Crippen LogP) is 0.933. The Bertz CT molecular complexity index is 2900. The number of aromatic hydroxyl groups is 1. The number of benzene rings is 2. The van der Waals surface area contributed by atoms with E-state index in [-0.39, 0.29) is 104 Å². The Balaban J connectivity index is 0.838. The van der Waals surface area contributed by atoms with E-state index < -0.39 is 71.1 Å². The average Bonchev–Trinajstić information content (AvgIpc) is 2.07. The van der Waals surface area contributed by atoms with E-state index in [1.807, 2.05) is 15.9 Å². The fourth-order valence-corrected chi connectivity index (χ4v) is 12.5. The highest BCUT2D eigenvalue weighted by Crippen LogP contribution is 2.45. The van der Waals surface area contributed by atoms with Crippen LogP contribution < -0.4 is 42.0 Å². The van der Waals surface area contributed by atoms with Gasteiger partial charge in [0.25, 0.3) is 0 Å². The lowest BCUT2D eigenvalue weighted by atomic mass is 9.84. The maximum absolute atomic E-state index is 14.7. The number of aryl methyl sites for hydroxylation is 1. The van der Waals surface area contributed by atoms with Crippen molar-refractivity contribution in [3.63, 3.8) is 0 Å². The van der Waals surface area contributed by atoms with Crippen molar-refractivity contribution < 1.29 is 71.9 Å². The topological polar surface area (TPSA) is 317 Å². The number of phenolic OH excluding ortho intramolecular Hbond substituents is 1. The van der Waals surface area contributed by atoms with Crippen molar-refractivity contribution in [3.05, 3.63) is 64.7 Å². The number of nitrogens with zero attached hydrogens (tertiary/aromatic N) is 2. The molecule has 24 heteroatoms. The first kappa shape index (κ1) is 63.7. The highest BCUT2D eigenvalue weighted by Gasteiger charge is 2.52. The summed E-state index contributed by atoms with van der Waals surface area (Å²) in [5, 5.41) is 30.7.